The van der Waals surface area contributed by atoms with E-state index in [1.807, 2.05) is 12.1 Å². The Morgan fingerprint density at radius 3 is 3.31 bits per heavy atom. The highest BCUT2D eigenvalue weighted by molar-refractivity contribution is 6.19. The fourth-order valence-electron chi connectivity index (χ4n) is 1.04. The molecule has 0 atom stereocenters. The van der Waals surface area contributed by atoms with Gasteiger partial charge in [0.2, 0.25) is 0 Å². The largest absolute Gasteiger partial charge is 0.234 e. The van der Waals surface area contributed by atoms with Crippen LogP contribution in [0, 0.1) is 11.8 Å². The van der Waals surface area contributed by atoms with E-state index < -0.39 is 0 Å². The van der Waals surface area contributed by atoms with Crippen LogP contribution in [-0.2, 0) is 0 Å². The van der Waals surface area contributed by atoms with Crippen LogP contribution in [-0.4, -0.2) is 20.5 Å². The zero-order valence-corrected chi connectivity index (χ0v) is 7.49. The Morgan fingerprint density at radius 2 is 2.46 bits per heavy atom. The number of nitrogens with zero attached hydrogens (tertiary/aromatic N) is 3. The molecule has 2 aromatic rings. The van der Waals surface area contributed by atoms with Crippen molar-refractivity contribution in [3.63, 3.8) is 0 Å². The molecule has 4 heteroatoms. The Morgan fingerprint density at radius 1 is 1.54 bits per heavy atom. The van der Waals surface area contributed by atoms with Gasteiger partial charge in [-0.25, -0.2) is 9.50 Å². The van der Waals surface area contributed by atoms with E-state index in [1.54, 1.807) is 16.9 Å². The Kier molecular flexibility index (Phi) is 2.15. The predicted molar refractivity (Wildman–Crippen MR) is 50.6 cm³/mol. The van der Waals surface area contributed by atoms with Crippen LogP contribution in [0.4, 0.5) is 0 Å². The quantitative estimate of drug-likeness (QED) is 0.465. The topological polar surface area (TPSA) is 30.2 Å². The van der Waals surface area contributed by atoms with Crippen molar-refractivity contribution in [3.05, 3.63) is 30.2 Å². The molecule has 0 fully saturated rings. The maximum Gasteiger partial charge on any atom is 0.154 e. The number of rotatable bonds is 0. The van der Waals surface area contributed by atoms with E-state index in [0.29, 0.717) is 5.88 Å². The van der Waals surface area contributed by atoms with Gasteiger partial charge in [-0.3, -0.25) is 0 Å². The van der Waals surface area contributed by atoms with Crippen LogP contribution < -0.4 is 0 Å². The van der Waals surface area contributed by atoms with Crippen LogP contribution in [0.15, 0.2) is 24.5 Å². The SMILES string of the molecule is ClCC#Cc1cnc2cccnn12. The van der Waals surface area contributed by atoms with E-state index in [0.717, 1.165) is 11.3 Å². The van der Waals surface area contributed by atoms with Crippen molar-refractivity contribution in [2.75, 3.05) is 5.88 Å². The highest BCUT2D eigenvalue weighted by atomic mass is 35.5. The number of alkyl halides is 1. The summed E-state index contributed by atoms with van der Waals surface area (Å²) in [4.78, 5) is 4.13. The molecule has 0 unspecified atom stereocenters. The lowest BCUT2D eigenvalue weighted by atomic mass is 10.5. The van der Waals surface area contributed by atoms with Crippen molar-refractivity contribution >= 4 is 17.2 Å². The van der Waals surface area contributed by atoms with Gasteiger partial charge in [0.15, 0.2) is 5.65 Å². The number of aromatic nitrogens is 3. The average Bonchev–Trinajstić information content (AvgIpc) is 2.58. The van der Waals surface area contributed by atoms with E-state index in [2.05, 4.69) is 21.9 Å². The zero-order chi connectivity index (χ0) is 9.10. The molecule has 0 amide bonds. The van der Waals surface area contributed by atoms with Crippen molar-refractivity contribution in [1.29, 1.82) is 0 Å². The Hall–Kier alpha value is -1.53. The summed E-state index contributed by atoms with van der Waals surface area (Å²) in [6.07, 6.45) is 3.38. The molecule has 0 saturated heterocycles. The highest BCUT2D eigenvalue weighted by Crippen LogP contribution is 2.01. The molecule has 64 valence electrons. The Bertz CT molecular complexity index is 478. The third kappa shape index (κ3) is 1.49. The van der Waals surface area contributed by atoms with E-state index in [-0.39, 0.29) is 0 Å². The molecular weight excluding hydrogens is 186 g/mol. The number of imidazole rings is 1. The van der Waals surface area contributed by atoms with Crippen LogP contribution >= 0.6 is 11.6 Å². The van der Waals surface area contributed by atoms with Gasteiger partial charge in [0, 0.05) is 6.20 Å². The third-order valence-corrected chi connectivity index (χ3v) is 1.69. The first-order valence-corrected chi connectivity index (χ1v) is 4.29. The van der Waals surface area contributed by atoms with Gasteiger partial charge in [-0.15, -0.1) is 11.6 Å². The van der Waals surface area contributed by atoms with Crippen LogP contribution in [0.25, 0.3) is 5.65 Å². The molecule has 0 aliphatic rings. The lowest BCUT2D eigenvalue weighted by Gasteiger charge is -1.90. The van der Waals surface area contributed by atoms with Crippen molar-refractivity contribution in [1.82, 2.24) is 14.6 Å². The number of hydrogen-bond acceptors (Lipinski definition) is 2. The van der Waals surface area contributed by atoms with Crippen LogP contribution in [0.3, 0.4) is 0 Å². The third-order valence-electron chi connectivity index (χ3n) is 1.56. The van der Waals surface area contributed by atoms with Gasteiger partial charge >= 0.3 is 0 Å². The molecule has 0 saturated carbocycles. The standard InChI is InChI=1S/C9H6ClN3/c10-5-1-3-8-7-11-9-4-2-6-12-13(8)9/h2,4,6-7H,5H2. The molecule has 3 nitrogen and oxygen atoms in total. The minimum Gasteiger partial charge on any atom is -0.234 e. The number of hydrogen-bond donors (Lipinski definition) is 0. The molecular formula is C9H6ClN3. The van der Waals surface area contributed by atoms with E-state index in [9.17, 15) is 0 Å². The lowest BCUT2D eigenvalue weighted by molar-refractivity contribution is 0.923. The van der Waals surface area contributed by atoms with Crippen LogP contribution in [0.2, 0.25) is 0 Å². The van der Waals surface area contributed by atoms with Gasteiger partial charge in [-0.05, 0) is 18.1 Å². The normalized spacial score (nSPS) is 9.62. The van der Waals surface area contributed by atoms with E-state index >= 15 is 0 Å². The maximum absolute atomic E-state index is 5.45. The predicted octanol–water partition coefficient (Wildman–Crippen LogP) is 1.32. The van der Waals surface area contributed by atoms with Crippen molar-refractivity contribution in [2.24, 2.45) is 0 Å². The second-order valence-corrected chi connectivity index (χ2v) is 2.64. The monoisotopic (exact) mass is 191 g/mol. The second kappa shape index (κ2) is 3.46. The highest BCUT2D eigenvalue weighted by Gasteiger charge is 1.98. The summed E-state index contributed by atoms with van der Waals surface area (Å²) in [5, 5.41) is 4.10. The lowest BCUT2D eigenvalue weighted by Crippen LogP contribution is -1.92. The van der Waals surface area contributed by atoms with Crippen LogP contribution in [0.5, 0.6) is 0 Å². The summed E-state index contributed by atoms with van der Waals surface area (Å²) < 4.78 is 1.68. The summed E-state index contributed by atoms with van der Waals surface area (Å²) in [6.45, 7) is 0. The molecule has 2 aromatic heterocycles. The van der Waals surface area contributed by atoms with Crippen molar-refractivity contribution in [2.45, 2.75) is 0 Å². The zero-order valence-electron chi connectivity index (χ0n) is 6.74. The van der Waals surface area contributed by atoms with E-state index in [1.165, 1.54) is 0 Å². The van der Waals surface area contributed by atoms with Gasteiger partial charge in [-0.1, -0.05) is 5.92 Å². The summed E-state index contributed by atoms with van der Waals surface area (Å²) >= 11 is 5.45. The van der Waals surface area contributed by atoms with Crippen LogP contribution in [0.1, 0.15) is 5.69 Å². The average molecular weight is 192 g/mol. The fourth-order valence-corrected chi connectivity index (χ4v) is 1.11. The summed E-state index contributed by atoms with van der Waals surface area (Å²) in [5.74, 6) is 5.95. The van der Waals surface area contributed by atoms with E-state index in [4.69, 9.17) is 11.6 Å². The smallest absolute Gasteiger partial charge is 0.154 e. The molecule has 0 aliphatic carbocycles. The van der Waals surface area contributed by atoms with Gasteiger partial charge in [-0.2, -0.15) is 5.10 Å². The molecule has 0 aromatic carbocycles. The second-order valence-electron chi connectivity index (χ2n) is 2.37. The Balaban J connectivity index is 2.58. The first-order chi connectivity index (χ1) is 6.42. The van der Waals surface area contributed by atoms with Crippen molar-refractivity contribution < 1.29 is 0 Å². The minimum atomic E-state index is 0.320. The summed E-state index contributed by atoms with van der Waals surface area (Å²) in [6, 6.07) is 3.71. The molecule has 0 N–H and O–H groups in total. The molecule has 0 spiro atoms. The maximum atomic E-state index is 5.45. The van der Waals surface area contributed by atoms with Gasteiger partial charge in [0.05, 0.1) is 12.1 Å². The van der Waals surface area contributed by atoms with Gasteiger partial charge in [0.1, 0.15) is 5.69 Å². The molecule has 0 radical (unpaired) electrons. The summed E-state index contributed by atoms with van der Waals surface area (Å²) in [5.41, 5.74) is 1.55. The van der Waals surface area contributed by atoms with Gasteiger partial charge in [0.25, 0.3) is 0 Å². The van der Waals surface area contributed by atoms with Crippen molar-refractivity contribution in [3.8, 4) is 11.8 Å². The minimum absolute atomic E-state index is 0.320. The molecule has 2 rings (SSSR count). The first-order valence-electron chi connectivity index (χ1n) is 3.75. The summed E-state index contributed by atoms with van der Waals surface area (Å²) in [7, 11) is 0. The molecule has 13 heavy (non-hydrogen) atoms. The number of halogens is 1. The Labute approximate surface area is 80.4 Å². The first kappa shape index (κ1) is 8.09. The fraction of sp³-hybridized carbons (Fsp3) is 0.111. The molecule has 0 bridgehead atoms. The molecule has 2 heterocycles. The number of fused-ring (bicyclic) bond motifs is 1. The molecule has 0 aliphatic heterocycles. The van der Waals surface area contributed by atoms with Gasteiger partial charge < -0.3 is 0 Å².